The third kappa shape index (κ3) is 1.75. The van der Waals surface area contributed by atoms with Crippen molar-refractivity contribution in [2.45, 2.75) is 25.1 Å². The van der Waals surface area contributed by atoms with Gasteiger partial charge in [0.15, 0.2) is 11.3 Å². The third-order valence-corrected chi connectivity index (χ3v) is 1.99. The molecule has 1 heterocycles. The molecule has 6 heteroatoms. The molecule has 0 bridgehead atoms. The molecular weight excluding hydrogens is 199 g/mol. The van der Waals surface area contributed by atoms with Gasteiger partial charge in [-0.3, -0.25) is 4.79 Å². The Balaban J connectivity index is 2.88. The lowest BCUT2D eigenvalue weighted by atomic mass is 9.95. The molecule has 1 atom stereocenters. The number of halogens is 3. The first-order valence-corrected chi connectivity index (χ1v) is 4.00. The molecule has 1 rings (SSSR count). The largest absolute Gasteiger partial charge is 0.490 e. The summed E-state index contributed by atoms with van der Waals surface area (Å²) in [5.74, 6) is -1.50. The molecular formula is C8H10F3NO2. The van der Waals surface area contributed by atoms with Crippen LogP contribution in [0.4, 0.5) is 13.2 Å². The van der Waals surface area contributed by atoms with Crippen LogP contribution in [0.1, 0.15) is 13.3 Å². The summed E-state index contributed by atoms with van der Waals surface area (Å²) in [6, 6.07) is 0. The quantitative estimate of drug-likeness (QED) is 0.741. The second kappa shape index (κ2) is 3.27. The number of ketones is 1. The lowest BCUT2D eigenvalue weighted by molar-refractivity contribution is -0.185. The first-order chi connectivity index (χ1) is 6.27. The van der Waals surface area contributed by atoms with Crippen molar-refractivity contribution >= 4 is 5.78 Å². The maximum Gasteiger partial charge on any atom is 0.413 e. The van der Waals surface area contributed by atoms with Crippen molar-refractivity contribution < 1.29 is 22.7 Å². The predicted molar refractivity (Wildman–Crippen MR) is 42.3 cm³/mol. The molecule has 0 aliphatic carbocycles. The first kappa shape index (κ1) is 11.0. The fourth-order valence-corrected chi connectivity index (χ4v) is 0.961. The summed E-state index contributed by atoms with van der Waals surface area (Å²) in [6.07, 6.45) is -3.01. The van der Waals surface area contributed by atoms with E-state index in [1.165, 1.54) is 6.08 Å². The SMILES string of the molecule is CC(N)(C(=O)C1=CCCO1)C(F)(F)F. The molecule has 3 nitrogen and oxygen atoms in total. The summed E-state index contributed by atoms with van der Waals surface area (Å²) < 4.78 is 41.7. The summed E-state index contributed by atoms with van der Waals surface area (Å²) in [5.41, 5.74) is 2.05. The van der Waals surface area contributed by atoms with Crippen LogP contribution >= 0.6 is 0 Å². The summed E-state index contributed by atoms with van der Waals surface area (Å²) in [4.78, 5) is 11.3. The van der Waals surface area contributed by atoms with Crippen molar-refractivity contribution in [1.82, 2.24) is 0 Å². The van der Waals surface area contributed by atoms with Gasteiger partial charge in [0.2, 0.25) is 5.78 Å². The lowest BCUT2D eigenvalue weighted by Crippen LogP contribution is -2.57. The molecule has 0 aromatic carbocycles. The van der Waals surface area contributed by atoms with E-state index in [2.05, 4.69) is 0 Å². The van der Waals surface area contributed by atoms with Crippen LogP contribution < -0.4 is 5.73 Å². The highest BCUT2D eigenvalue weighted by Gasteiger charge is 2.55. The monoisotopic (exact) mass is 209 g/mol. The van der Waals surface area contributed by atoms with E-state index < -0.39 is 17.5 Å². The molecule has 14 heavy (non-hydrogen) atoms. The second-order valence-corrected chi connectivity index (χ2v) is 3.23. The average molecular weight is 209 g/mol. The molecule has 0 saturated heterocycles. The zero-order valence-corrected chi connectivity index (χ0v) is 7.52. The Morgan fingerprint density at radius 2 is 2.14 bits per heavy atom. The molecule has 0 radical (unpaired) electrons. The zero-order valence-electron chi connectivity index (χ0n) is 7.52. The summed E-state index contributed by atoms with van der Waals surface area (Å²) in [6.45, 7) is 0.868. The number of ether oxygens (including phenoxy) is 1. The smallest absolute Gasteiger partial charge is 0.413 e. The number of rotatable bonds is 2. The van der Waals surface area contributed by atoms with Crippen LogP contribution in [0.5, 0.6) is 0 Å². The minimum atomic E-state index is -4.77. The Labute approximate surface area is 78.7 Å². The standard InChI is InChI=1S/C8H10F3NO2/c1-7(12,8(9,10)11)6(13)5-3-2-4-14-5/h3H,2,4,12H2,1H3. The van der Waals surface area contributed by atoms with E-state index in [4.69, 9.17) is 10.5 Å². The van der Waals surface area contributed by atoms with E-state index in [0.717, 1.165) is 0 Å². The van der Waals surface area contributed by atoms with Crippen LogP contribution in [0.2, 0.25) is 0 Å². The van der Waals surface area contributed by atoms with Crippen molar-refractivity contribution in [3.05, 3.63) is 11.8 Å². The molecule has 1 aliphatic rings. The summed E-state index contributed by atoms with van der Waals surface area (Å²) in [5, 5.41) is 0. The topological polar surface area (TPSA) is 52.3 Å². The number of nitrogens with two attached hydrogens (primary N) is 1. The Hall–Kier alpha value is -1.04. The van der Waals surface area contributed by atoms with Gasteiger partial charge in [-0.25, -0.2) is 0 Å². The van der Waals surface area contributed by atoms with Crippen molar-refractivity contribution in [2.24, 2.45) is 5.73 Å². The molecule has 2 N–H and O–H groups in total. The molecule has 0 aromatic heterocycles. The fraction of sp³-hybridized carbons (Fsp3) is 0.625. The number of Topliss-reactive ketones (excluding diaryl/α,β-unsaturated/α-hetero) is 1. The van der Waals surface area contributed by atoms with Crippen LogP contribution in [-0.2, 0) is 9.53 Å². The highest BCUT2D eigenvalue weighted by Crippen LogP contribution is 2.31. The molecule has 0 amide bonds. The number of hydrogen-bond donors (Lipinski definition) is 1. The number of alkyl halides is 3. The molecule has 80 valence electrons. The van der Waals surface area contributed by atoms with Crippen LogP contribution in [0.25, 0.3) is 0 Å². The third-order valence-electron chi connectivity index (χ3n) is 1.99. The van der Waals surface area contributed by atoms with E-state index in [1.807, 2.05) is 0 Å². The molecule has 1 unspecified atom stereocenters. The van der Waals surface area contributed by atoms with E-state index in [-0.39, 0.29) is 12.4 Å². The van der Waals surface area contributed by atoms with E-state index in [0.29, 0.717) is 13.3 Å². The highest BCUT2D eigenvalue weighted by molar-refractivity contribution is 6.01. The Morgan fingerprint density at radius 1 is 1.57 bits per heavy atom. The highest BCUT2D eigenvalue weighted by atomic mass is 19.4. The number of hydrogen-bond acceptors (Lipinski definition) is 3. The van der Waals surface area contributed by atoms with Gasteiger partial charge < -0.3 is 10.5 Å². The maximum absolute atomic E-state index is 12.3. The van der Waals surface area contributed by atoms with E-state index in [1.54, 1.807) is 0 Å². The minimum absolute atomic E-state index is 0.231. The van der Waals surface area contributed by atoms with E-state index >= 15 is 0 Å². The van der Waals surface area contributed by atoms with Crippen LogP contribution in [-0.4, -0.2) is 24.1 Å². The molecule has 0 spiro atoms. The zero-order chi connectivity index (χ0) is 11.0. The van der Waals surface area contributed by atoms with Crippen LogP contribution in [0.15, 0.2) is 11.8 Å². The summed E-state index contributed by atoms with van der Waals surface area (Å²) in [7, 11) is 0. The molecule has 0 saturated carbocycles. The van der Waals surface area contributed by atoms with Crippen molar-refractivity contribution in [1.29, 1.82) is 0 Å². The summed E-state index contributed by atoms with van der Waals surface area (Å²) >= 11 is 0. The van der Waals surface area contributed by atoms with Gasteiger partial charge in [0.25, 0.3) is 0 Å². The van der Waals surface area contributed by atoms with Gasteiger partial charge >= 0.3 is 6.18 Å². The van der Waals surface area contributed by atoms with Crippen molar-refractivity contribution in [3.63, 3.8) is 0 Å². The Morgan fingerprint density at radius 3 is 2.50 bits per heavy atom. The van der Waals surface area contributed by atoms with Gasteiger partial charge in [0.1, 0.15) is 0 Å². The van der Waals surface area contributed by atoms with Gasteiger partial charge in [-0.2, -0.15) is 13.2 Å². The minimum Gasteiger partial charge on any atom is -0.490 e. The van der Waals surface area contributed by atoms with Gasteiger partial charge in [0, 0.05) is 6.42 Å². The molecule has 1 aliphatic heterocycles. The van der Waals surface area contributed by atoms with Gasteiger partial charge in [0.05, 0.1) is 6.61 Å². The second-order valence-electron chi connectivity index (χ2n) is 3.23. The van der Waals surface area contributed by atoms with E-state index in [9.17, 15) is 18.0 Å². The van der Waals surface area contributed by atoms with Gasteiger partial charge in [-0.15, -0.1) is 0 Å². The maximum atomic E-state index is 12.3. The van der Waals surface area contributed by atoms with Crippen LogP contribution in [0.3, 0.4) is 0 Å². The fourth-order valence-electron chi connectivity index (χ4n) is 0.961. The van der Waals surface area contributed by atoms with Crippen molar-refractivity contribution in [2.75, 3.05) is 6.61 Å². The van der Waals surface area contributed by atoms with Crippen LogP contribution in [0, 0.1) is 0 Å². The van der Waals surface area contributed by atoms with Crippen molar-refractivity contribution in [3.8, 4) is 0 Å². The molecule has 0 aromatic rings. The Kier molecular flexibility index (Phi) is 2.58. The predicted octanol–water partition coefficient (Wildman–Crippen LogP) is 1.14. The average Bonchev–Trinajstić information content (AvgIpc) is 2.52. The number of carbonyl (C=O) groups is 1. The van der Waals surface area contributed by atoms with Gasteiger partial charge in [-0.05, 0) is 13.0 Å². The normalized spacial score (nSPS) is 21.1. The number of carbonyl (C=O) groups excluding carboxylic acids is 1. The van der Waals surface area contributed by atoms with Gasteiger partial charge in [-0.1, -0.05) is 0 Å². The molecule has 0 fully saturated rings. The lowest BCUT2D eigenvalue weighted by Gasteiger charge is -2.25. The Bertz CT molecular complexity index is 281. The first-order valence-electron chi connectivity index (χ1n) is 4.00.